The fraction of sp³-hybridized carbons (Fsp3) is 0.450. The molecule has 1 N–H and O–H groups in total. The number of halogens is 2. The van der Waals surface area contributed by atoms with E-state index >= 15 is 0 Å². The van der Waals surface area contributed by atoms with Crippen LogP contribution in [0.5, 0.6) is 0 Å². The van der Waals surface area contributed by atoms with Gasteiger partial charge in [-0.25, -0.2) is 4.39 Å². The van der Waals surface area contributed by atoms with Crippen molar-refractivity contribution in [2.75, 3.05) is 19.6 Å². The Morgan fingerprint density at radius 2 is 1.96 bits per heavy atom. The summed E-state index contributed by atoms with van der Waals surface area (Å²) in [5.41, 5.74) is 1.48. The van der Waals surface area contributed by atoms with Crippen LogP contribution in [0.2, 0.25) is 5.02 Å². The maximum Gasteiger partial charge on any atom is 0.252 e. The molecule has 0 radical (unpaired) electrons. The predicted octanol–water partition coefficient (Wildman–Crippen LogP) is 4.16. The van der Waals surface area contributed by atoms with Gasteiger partial charge in [0.15, 0.2) is 0 Å². The van der Waals surface area contributed by atoms with Gasteiger partial charge in [0, 0.05) is 25.5 Å². The van der Waals surface area contributed by atoms with Crippen LogP contribution in [-0.2, 0) is 7.05 Å². The van der Waals surface area contributed by atoms with Crippen LogP contribution in [0.1, 0.15) is 47.8 Å². The van der Waals surface area contributed by atoms with Crippen LogP contribution in [-0.4, -0.2) is 35.0 Å². The number of rotatable bonds is 5. The van der Waals surface area contributed by atoms with Gasteiger partial charge in [0.2, 0.25) is 0 Å². The second-order valence-electron chi connectivity index (χ2n) is 6.84. The second kappa shape index (κ2) is 8.69. The minimum Gasteiger partial charge on any atom is -0.353 e. The standard InChI is InChI=1S/C20H25ClFN3O/c1-24-10-6-7-18(24)19(25-11-4-2-3-5-12-25)14-23-20(26)16-9-8-15(22)13-17(16)21/h6-10,13,19H,2-5,11-12,14H2,1H3,(H,23,26). The summed E-state index contributed by atoms with van der Waals surface area (Å²) < 4.78 is 15.3. The van der Waals surface area contributed by atoms with Crippen molar-refractivity contribution in [2.45, 2.75) is 31.7 Å². The predicted molar refractivity (Wildman–Crippen MR) is 102 cm³/mol. The molecule has 1 fully saturated rings. The van der Waals surface area contributed by atoms with Crippen molar-refractivity contribution in [3.8, 4) is 0 Å². The summed E-state index contributed by atoms with van der Waals surface area (Å²) in [6.07, 6.45) is 6.90. The number of benzene rings is 1. The van der Waals surface area contributed by atoms with Crippen molar-refractivity contribution < 1.29 is 9.18 Å². The maximum atomic E-state index is 13.2. The quantitative estimate of drug-likeness (QED) is 0.849. The van der Waals surface area contributed by atoms with E-state index in [-0.39, 0.29) is 17.0 Å². The lowest BCUT2D eigenvalue weighted by Crippen LogP contribution is -2.39. The molecule has 4 nitrogen and oxygen atoms in total. The topological polar surface area (TPSA) is 37.3 Å². The third kappa shape index (κ3) is 4.46. The fourth-order valence-corrected chi connectivity index (χ4v) is 3.86. The molecule has 1 saturated heterocycles. The normalized spacial score (nSPS) is 16.9. The van der Waals surface area contributed by atoms with Crippen LogP contribution >= 0.6 is 11.6 Å². The number of amides is 1. The van der Waals surface area contributed by atoms with E-state index in [2.05, 4.69) is 20.9 Å². The highest BCUT2D eigenvalue weighted by atomic mass is 35.5. The first-order valence-corrected chi connectivity index (χ1v) is 9.52. The Balaban J connectivity index is 1.75. The molecular formula is C20H25ClFN3O. The van der Waals surface area contributed by atoms with E-state index in [9.17, 15) is 9.18 Å². The zero-order chi connectivity index (χ0) is 18.5. The Bertz CT molecular complexity index is 753. The molecule has 3 rings (SSSR count). The zero-order valence-electron chi connectivity index (χ0n) is 15.0. The molecule has 1 amide bonds. The molecule has 0 saturated carbocycles. The summed E-state index contributed by atoms with van der Waals surface area (Å²) in [6.45, 7) is 2.55. The summed E-state index contributed by atoms with van der Waals surface area (Å²) in [4.78, 5) is 15.0. The van der Waals surface area contributed by atoms with Gasteiger partial charge < -0.3 is 9.88 Å². The summed E-state index contributed by atoms with van der Waals surface area (Å²) in [5.74, 6) is -0.721. The molecule has 1 unspecified atom stereocenters. The lowest BCUT2D eigenvalue weighted by Gasteiger charge is -2.31. The molecule has 0 spiro atoms. The SMILES string of the molecule is Cn1cccc1C(CNC(=O)c1ccc(F)cc1Cl)N1CCCCCC1. The average molecular weight is 378 g/mol. The van der Waals surface area contributed by atoms with Crippen molar-refractivity contribution in [3.63, 3.8) is 0 Å². The van der Waals surface area contributed by atoms with Gasteiger partial charge in [-0.1, -0.05) is 24.4 Å². The highest BCUT2D eigenvalue weighted by Gasteiger charge is 2.24. The summed E-state index contributed by atoms with van der Waals surface area (Å²) >= 11 is 6.02. The van der Waals surface area contributed by atoms with E-state index in [0.29, 0.717) is 12.1 Å². The molecular weight excluding hydrogens is 353 g/mol. The Labute approximate surface area is 158 Å². The van der Waals surface area contributed by atoms with Crippen LogP contribution in [0.4, 0.5) is 4.39 Å². The molecule has 0 aliphatic carbocycles. The number of aryl methyl sites for hydroxylation is 1. The largest absolute Gasteiger partial charge is 0.353 e. The van der Waals surface area contributed by atoms with E-state index in [0.717, 1.165) is 13.1 Å². The van der Waals surface area contributed by atoms with Crippen molar-refractivity contribution in [3.05, 3.63) is 58.6 Å². The Hall–Kier alpha value is -1.85. The summed E-state index contributed by atoms with van der Waals surface area (Å²) in [5, 5.41) is 3.12. The number of likely N-dealkylation sites (tertiary alicyclic amines) is 1. The van der Waals surface area contributed by atoms with Crippen LogP contribution in [0, 0.1) is 5.82 Å². The van der Waals surface area contributed by atoms with Crippen molar-refractivity contribution in [1.82, 2.24) is 14.8 Å². The highest BCUT2D eigenvalue weighted by molar-refractivity contribution is 6.33. The third-order valence-corrected chi connectivity index (χ3v) is 5.35. The van der Waals surface area contributed by atoms with Crippen LogP contribution < -0.4 is 5.32 Å². The number of nitrogens with one attached hydrogen (secondary N) is 1. The van der Waals surface area contributed by atoms with Gasteiger partial charge in [-0.15, -0.1) is 0 Å². The molecule has 1 aromatic heterocycles. The Kier molecular flexibility index (Phi) is 6.33. The maximum absolute atomic E-state index is 13.2. The monoisotopic (exact) mass is 377 g/mol. The first-order valence-electron chi connectivity index (χ1n) is 9.15. The smallest absolute Gasteiger partial charge is 0.252 e. The zero-order valence-corrected chi connectivity index (χ0v) is 15.8. The Morgan fingerprint density at radius 3 is 2.58 bits per heavy atom. The minimum atomic E-state index is -0.446. The van der Waals surface area contributed by atoms with Crippen molar-refractivity contribution in [2.24, 2.45) is 7.05 Å². The van der Waals surface area contributed by atoms with Gasteiger partial charge in [0.1, 0.15) is 5.82 Å². The van der Waals surface area contributed by atoms with Crippen LogP contribution in [0.3, 0.4) is 0 Å². The highest BCUT2D eigenvalue weighted by Crippen LogP contribution is 2.24. The number of carbonyl (C=O) groups excluding carboxylic acids is 1. The molecule has 2 heterocycles. The molecule has 6 heteroatoms. The number of hydrogen-bond acceptors (Lipinski definition) is 2. The average Bonchev–Trinajstić information content (AvgIpc) is 2.86. The van der Waals surface area contributed by atoms with E-state index < -0.39 is 5.82 Å². The van der Waals surface area contributed by atoms with Crippen LogP contribution in [0.15, 0.2) is 36.5 Å². The number of nitrogens with zero attached hydrogens (tertiary/aromatic N) is 2. The van der Waals surface area contributed by atoms with E-state index in [1.807, 2.05) is 19.3 Å². The molecule has 140 valence electrons. The van der Waals surface area contributed by atoms with Gasteiger partial charge in [0.05, 0.1) is 16.6 Å². The Morgan fingerprint density at radius 1 is 1.23 bits per heavy atom. The minimum absolute atomic E-state index is 0.108. The first kappa shape index (κ1) is 18.9. The first-order chi connectivity index (χ1) is 12.6. The lowest BCUT2D eigenvalue weighted by molar-refractivity contribution is 0.0931. The van der Waals surface area contributed by atoms with Gasteiger partial charge in [-0.2, -0.15) is 0 Å². The van der Waals surface area contributed by atoms with Crippen molar-refractivity contribution in [1.29, 1.82) is 0 Å². The second-order valence-corrected chi connectivity index (χ2v) is 7.25. The van der Waals surface area contributed by atoms with Gasteiger partial charge in [-0.05, 0) is 56.3 Å². The number of hydrogen-bond donors (Lipinski definition) is 1. The molecule has 26 heavy (non-hydrogen) atoms. The van der Waals surface area contributed by atoms with Gasteiger partial charge >= 0.3 is 0 Å². The van der Waals surface area contributed by atoms with Crippen LogP contribution in [0.25, 0.3) is 0 Å². The summed E-state index contributed by atoms with van der Waals surface area (Å²) in [7, 11) is 2.03. The molecule has 2 aromatic rings. The molecule has 0 bridgehead atoms. The fourth-order valence-electron chi connectivity index (χ4n) is 3.61. The van der Waals surface area contributed by atoms with Gasteiger partial charge in [0.25, 0.3) is 5.91 Å². The number of aromatic nitrogens is 1. The van der Waals surface area contributed by atoms with E-state index in [1.165, 1.54) is 49.6 Å². The summed E-state index contributed by atoms with van der Waals surface area (Å²) in [6, 6.07) is 8.09. The molecule has 1 atom stereocenters. The molecule has 1 aromatic carbocycles. The van der Waals surface area contributed by atoms with Crippen molar-refractivity contribution >= 4 is 17.5 Å². The van der Waals surface area contributed by atoms with E-state index in [4.69, 9.17) is 11.6 Å². The van der Waals surface area contributed by atoms with Gasteiger partial charge in [-0.3, -0.25) is 9.69 Å². The molecule has 1 aliphatic rings. The molecule has 1 aliphatic heterocycles. The third-order valence-electron chi connectivity index (χ3n) is 5.04. The lowest BCUT2D eigenvalue weighted by atomic mass is 10.1. The van der Waals surface area contributed by atoms with E-state index in [1.54, 1.807) is 0 Å². The number of carbonyl (C=O) groups is 1.